The minimum atomic E-state index is -5.15. The van der Waals surface area contributed by atoms with E-state index < -0.39 is 30.5 Å². The van der Waals surface area contributed by atoms with Gasteiger partial charge in [-0.1, -0.05) is 28.1 Å². The molecule has 148 valence electrons. The zero-order valence-corrected chi connectivity index (χ0v) is 17.5. The van der Waals surface area contributed by atoms with Crippen LogP contribution < -0.4 is 5.32 Å². The van der Waals surface area contributed by atoms with Crippen LogP contribution in [0, 0.1) is 0 Å². The molecule has 0 bridgehead atoms. The third-order valence-corrected chi connectivity index (χ3v) is 5.31. The van der Waals surface area contributed by atoms with Crippen molar-refractivity contribution in [2.45, 2.75) is 45.4 Å². The van der Waals surface area contributed by atoms with Gasteiger partial charge >= 0.3 is 19.4 Å². The van der Waals surface area contributed by atoms with Crippen molar-refractivity contribution in [3.05, 3.63) is 33.8 Å². The number of amides is 1. The molecule has 0 aliphatic heterocycles. The third-order valence-electron chi connectivity index (χ3n) is 3.10. The van der Waals surface area contributed by atoms with Gasteiger partial charge in [0.2, 0.25) is 0 Å². The first-order chi connectivity index (χ1) is 11.8. The molecule has 0 aliphatic carbocycles. The summed E-state index contributed by atoms with van der Waals surface area (Å²) < 4.78 is 49.7. The molecule has 10 heteroatoms. The minimum Gasteiger partial charge on any atom is -0.444 e. The fourth-order valence-electron chi connectivity index (χ4n) is 1.99. The third kappa shape index (κ3) is 6.30. The molecule has 6 nitrogen and oxygen atoms in total. The van der Waals surface area contributed by atoms with E-state index in [0.717, 1.165) is 6.07 Å². The zero-order chi connectivity index (χ0) is 20.2. The molecule has 0 spiro atoms. The summed E-state index contributed by atoms with van der Waals surface area (Å²) in [5, 5.41) is 2.56. The summed E-state index contributed by atoms with van der Waals surface area (Å²) in [4.78, 5) is 21.0. The molecule has 1 aromatic rings. The number of rotatable bonds is 7. The summed E-state index contributed by atoms with van der Waals surface area (Å²) in [5.74, 6) is 0. The van der Waals surface area contributed by atoms with Crippen molar-refractivity contribution >= 4 is 29.6 Å². The van der Waals surface area contributed by atoms with Gasteiger partial charge in [0.15, 0.2) is 0 Å². The fraction of sp³-hybridized carbons (Fsp3) is 0.562. The Labute approximate surface area is 159 Å². The van der Waals surface area contributed by atoms with Gasteiger partial charge in [0, 0.05) is 16.6 Å². The lowest BCUT2D eigenvalue weighted by molar-refractivity contribution is 0.0459. The van der Waals surface area contributed by atoms with E-state index >= 15 is 0 Å². The van der Waals surface area contributed by atoms with Gasteiger partial charge in [-0.15, -0.1) is 0 Å². The highest BCUT2D eigenvalue weighted by atomic mass is 79.9. The molecule has 1 aromatic carbocycles. The van der Waals surface area contributed by atoms with Crippen molar-refractivity contribution in [1.82, 2.24) is 5.32 Å². The average molecular weight is 458 g/mol. The molecule has 1 unspecified atom stereocenters. The summed E-state index contributed by atoms with van der Waals surface area (Å²) in [6.45, 7) is 6.51. The molecule has 1 amide bonds. The summed E-state index contributed by atoms with van der Waals surface area (Å²) in [5.41, 5.74) is -4.65. The van der Waals surface area contributed by atoms with Crippen LogP contribution in [-0.2, 0) is 25.9 Å². The number of carbonyl (C=O) groups is 1. The van der Waals surface area contributed by atoms with E-state index in [1.807, 2.05) is 0 Å². The standard InChI is InChI=1S/C16H23BrF2NO5P/c1-5-24-26(22,23)16(18,19)12-7-6-11(10-13(12)17)8-9-20-14(21)25-15(2,3)4/h6-7,10H,5,8-9H2,1-4H3,(H,20,21)(H,22,23). The Bertz CT molecular complexity index is 694. The highest BCUT2D eigenvalue weighted by molar-refractivity contribution is 9.10. The van der Waals surface area contributed by atoms with Crippen molar-refractivity contribution < 1.29 is 32.3 Å². The van der Waals surface area contributed by atoms with Crippen molar-refractivity contribution in [1.29, 1.82) is 0 Å². The molecule has 2 N–H and O–H groups in total. The number of alkyl halides is 2. The van der Waals surface area contributed by atoms with Gasteiger partial charge in [0.1, 0.15) is 5.60 Å². The fourth-order valence-corrected chi connectivity index (χ4v) is 3.83. The molecule has 0 saturated heterocycles. The summed E-state index contributed by atoms with van der Waals surface area (Å²) >= 11 is 3.01. The van der Waals surface area contributed by atoms with Gasteiger partial charge < -0.3 is 19.5 Å². The molecular formula is C16H23BrF2NO5P. The first kappa shape index (κ1) is 23.0. The lowest BCUT2D eigenvalue weighted by Gasteiger charge is -2.23. The number of nitrogens with one attached hydrogen (secondary N) is 1. The van der Waals surface area contributed by atoms with Gasteiger partial charge in [-0.25, -0.2) is 4.79 Å². The normalized spacial score (nSPS) is 14.6. The van der Waals surface area contributed by atoms with E-state index in [9.17, 15) is 23.0 Å². The maximum absolute atomic E-state index is 14.3. The number of halogens is 3. The van der Waals surface area contributed by atoms with Crippen LogP contribution in [0.25, 0.3) is 0 Å². The number of ether oxygens (including phenoxy) is 1. The van der Waals surface area contributed by atoms with Crippen LogP contribution >= 0.6 is 23.5 Å². The molecule has 0 heterocycles. The molecule has 0 aliphatic rings. The Hall–Kier alpha value is -1.02. The number of carbonyl (C=O) groups excluding carboxylic acids is 1. The molecule has 0 saturated carbocycles. The highest BCUT2D eigenvalue weighted by Gasteiger charge is 2.53. The SMILES string of the molecule is CCOP(=O)(O)C(F)(F)c1ccc(CCNC(=O)OC(C)(C)C)cc1Br. The molecule has 1 atom stereocenters. The van der Waals surface area contributed by atoms with Crippen LogP contribution in [0.5, 0.6) is 0 Å². The minimum absolute atomic E-state index is 0.0220. The second kappa shape index (κ2) is 8.78. The van der Waals surface area contributed by atoms with E-state index in [0.29, 0.717) is 12.0 Å². The van der Waals surface area contributed by atoms with E-state index in [-0.39, 0.29) is 17.6 Å². The van der Waals surface area contributed by atoms with Gasteiger partial charge in [-0.3, -0.25) is 4.57 Å². The zero-order valence-electron chi connectivity index (χ0n) is 15.0. The smallest absolute Gasteiger partial charge is 0.407 e. The lowest BCUT2D eigenvalue weighted by Crippen LogP contribution is -2.33. The Balaban J connectivity index is 2.79. The van der Waals surface area contributed by atoms with Crippen LogP contribution in [0.1, 0.15) is 38.8 Å². The number of alkyl carbamates (subject to hydrolysis) is 1. The molecule has 0 aromatic heterocycles. The Morgan fingerprint density at radius 2 is 1.96 bits per heavy atom. The molecule has 1 rings (SSSR count). The molecular weight excluding hydrogens is 435 g/mol. The van der Waals surface area contributed by atoms with Gasteiger partial charge in [0.05, 0.1) is 6.61 Å². The van der Waals surface area contributed by atoms with Crippen molar-refractivity contribution in [2.24, 2.45) is 0 Å². The number of benzene rings is 1. The monoisotopic (exact) mass is 457 g/mol. The Kier molecular flexibility index (Phi) is 7.77. The van der Waals surface area contributed by atoms with Crippen LogP contribution in [0.15, 0.2) is 22.7 Å². The van der Waals surface area contributed by atoms with E-state index in [4.69, 9.17) is 4.74 Å². The highest BCUT2D eigenvalue weighted by Crippen LogP contribution is 2.64. The van der Waals surface area contributed by atoms with Crippen molar-refractivity contribution in [2.75, 3.05) is 13.2 Å². The van der Waals surface area contributed by atoms with E-state index in [1.165, 1.54) is 19.1 Å². The van der Waals surface area contributed by atoms with Gasteiger partial charge in [-0.2, -0.15) is 8.78 Å². The molecule has 26 heavy (non-hydrogen) atoms. The Morgan fingerprint density at radius 1 is 1.35 bits per heavy atom. The molecule has 0 fully saturated rings. The number of hydrogen-bond acceptors (Lipinski definition) is 4. The van der Waals surface area contributed by atoms with Crippen LogP contribution in [-0.4, -0.2) is 29.7 Å². The second-order valence-corrected chi connectivity index (χ2v) is 9.19. The van der Waals surface area contributed by atoms with Crippen LogP contribution in [0.4, 0.5) is 13.6 Å². The average Bonchev–Trinajstić information content (AvgIpc) is 2.44. The topological polar surface area (TPSA) is 84.9 Å². The Morgan fingerprint density at radius 3 is 2.46 bits per heavy atom. The molecule has 0 radical (unpaired) electrons. The summed E-state index contributed by atoms with van der Waals surface area (Å²) in [7, 11) is -5.15. The van der Waals surface area contributed by atoms with Crippen LogP contribution in [0.3, 0.4) is 0 Å². The summed E-state index contributed by atoms with van der Waals surface area (Å²) in [6.07, 6.45) is -0.205. The second-order valence-electron chi connectivity index (χ2n) is 6.47. The first-order valence-corrected chi connectivity index (χ1v) is 10.3. The predicted octanol–water partition coefficient (Wildman–Crippen LogP) is 4.79. The van der Waals surface area contributed by atoms with Crippen molar-refractivity contribution in [3.63, 3.8) is 0 Å². The predicted molar refractivity (Wildman–Crippen MR) is 97.4 cm³/mol. The van der Waals surface area contributed by atoms with Crippen LogP contribution in [0.2, 0.25) is 0 Å². The van der Waals surface area contributed by atoms with E-state index in [2.05, 4.69) is 25.8 Å². The van der Waals surface area contributed by atoms with E-state index in [1.54, 1.807) is 20.8 Å². The van der Waals surface area contributed by atoms with Gasteiger partial charge in [-0.05, 0) is 45.7 Å². The lowest BCUT2D eigenvalue weighted by atomic mass is 10.1. The van der Waals surface area contributed by atoms with Crippen molar-refractivity contribution in [3.8, 4) is 0 Å². The summed E-state index contributed by atoms with van der Waals surface area (Å²) in [6, 6.07) is 3.87. The van der Waals surface area contributed by atoms with Gasteiger partial charge in [0.25, 0.3) is 0 Å². The first-order valence-electron chi connectivity index (χ1n) is 7.91. The maximum atomic E-state index is 14.3. The quantitative estimate of drug-likeness (QED) is 0.575. The largest absolute Gasteiger partial charge is 0.444 e. The maximum Gasteiger partial charge on any atom is 0.407 e. The number of hydrogen-bond donors (Lipinski definition) is 2.